The number of carbonyl (C=O) groups excluding carboxylic acids is 2. The van der Waals surface area contributed by atoms with Gasteiger partial charge in [0.2, 0.25) is 5.91 Å². The Hall–Kier alpha value is -3.03. The molecule has 0 bridgehead atoms. The average Bonchev–Trinajstić information content (AvgIpc) is 2.68. The summed E-state index contributed by atoms with van der Waals surface area (Å²) in [6.07, 6.45) is -4.83. The fraction of sp³-hybridized carbons (Fsp3) is 0.333. The van der Waals surface area contributed by atoms with Crippen LogP contribution in [-0.4, -0.2) is 36.2 Å². The second-order valence-corrected chi connectivity index (χ2v) is 6.15. The molecular formula is C21H22F3NO4. The molecule has 0 spiro atoms. The highest BCUT2D eigenvalue weighted by molar-refractivity contribution is 6.03. The van der Waals surface area contributed by atoms with E-state index in [9.17, 15) is 22.8 Å². The van der Waals surface area contributed by atoms with E-state index >= 15 is 0 Å². The second-order valence-electron chi connectivity index (χ2n) is 6.15. The van der Waals surface area contributed by atoms with Crippen molar-refractivity contribution in [1.82, 2.24) is 4.90 Å². The van der Waals surface area contributed by atoms with E-state index in [-0.39, 0.29) is 12.2 Å². The smallest absolute Gasteiger partial charge is 0.460 e. The van der Waals surface area contributed by atoms with Crippen molar-refractivity contribution >= 4 is 11.9 Å². The second kappa shape index (κ2) is 9.95. The molecule has 0 saturated heterocycles. The Labute approximate surface area is 167 Å². The largest absolute Gasteiger partial charge is 0.573 e. The third-order valence-corrected chi connectivity index (χ3v) is 4.23. The number of likely N-dealkylation sites (N-methyl/N-ethyl adjacent to an activating group) is 1. The van der Waals surface area contributed by atoms with Crippen molar-refractivity contribution in [2.24, 2.45) is 0 Å². The molecular weight excluding hydrogens is 387 g/mol. The van der Waals surface area contributed by atoms with Crippen LogP contribution in [0.25, 0.3) is 0 Å². The predicted molar refractivity (Wildman–Crippen MR) is 100 cm³/mol. The van der Waals surface area contributed by atoms with E-state index in [2.05, 4.69) is 4.74 Å². The van der Waals surface area contributed by atoms with Crippen molar-refractivity contribution in [3.8, 4) is 5.75 Å². The van der Waals surface area contributed by atoms with Crippen LogP contribution in [0.1, 0.15) is 30.9 Å². The van der Waals surface area contributed by atoms with E-state index in [1.807, 2.05) is 6.07 Å². The first-order chi connectivity index (χ1) is 13.7. The number of ether oxygens (including phenoxy) is 2. The molecule has 156 valence electrons. The molecule has 0 unspecified atom stereocenters. The highest BCUT2D eigenvalue weighted by Gasteiger charge is 2.34. The molecule has 0 aromatic heterocycles. The first kappa shape index (κ1) is 22.3. The fourth-order valence-electron chi connectivity index (χ4n) is 2.77. The normalized spacial score (nSPS) is 12.2. The summed E-state index contributed by atoms with van der Waals surface area (Å²) >= 11 is 0. The zero-order valence-corrected chi connectivity index (χ0v) is 16.1. The van der Waals surface area contributed by atoms with Gasteiger partial charge in [-0.05, 0) is 37.1 Å². The third kappa shape index (κ3) is 6.51. The minimum atomic E-state index is -4.83. The van der Waals surface area contributed by atoms with E-state index in [0.717, 1.165) is 17.7 Å². The number of hydrogen-bond acceptors (Lipinski definition) is 4. The SMILES string of the molecule is CCN(CC)C(=O)[C@H](C(=O)OCc1ccccc1)c1ccc(OC(F)(F)F)cc1. The number of alkyl halides is 3. The van der Waals surface area contributed by atoms with Gasteiger partial charge in [0.05, 0.1) is 0 Å². The molecule has 0 heterocycles. The molecule has 29 heavy (non-hydrogen) atoms. The Balaban J connectivity index is 2.24. The topological polar surface area (TPSA) is 55.8 Å². The number of rotatable bonds is 8. The Kier molecular flexibility index (Phi) is 7.64. The Morgan fingerprint density at radius 3 is 2.07 bits per heavy atom. The van der Waals surface area contributed by atoms with Gasteiger partial charge in [0.1, 0.15) is 12.4 Å². The molecule has 2 aromatic rings. The summed E-state index contributed by atoms with van der Waals surface area (Å²) < 4.78 is 46.2. The van der Waals surface area contributed by atoms with Crippen molar-refractivity contribution in [3.05, 3.63) is 65.7 Å². The lowest BCUT2D eigenvalue weighted by Gasteiger charge is -2.24. The van der Waals surface area contributed by atoms with Gasteiger partial charge in [0.25, 0.3) is 0 Å². The molecule has 5 nitrogen and oxygen atoms in total. The number of hydrogen-bond donors (Lipinski definition) is 0. The number of carbonyl (C=O) groups is 2. The van der Waals surface area contributed by atoms with Crippen LogP contribution in [0, 0.1) is 0 Å². The molecule has 0 radical (unpaired) electrons. The van der Waals surface area contributed by atoms with Crippen molar-refractivity contribution in [2.45, 2.75) is 32.7 Å². The monoisotopic (exact) mass is 409 g/mol. The first-order valence-corrected chi connectivity index (χ1v) is 9.10. The maximum absolute atomic E-state index is 12.9. The van der Waals surface area contributed by atoms with Gasteiger partial charge in [-0.2, -0.15) is 0 Å². The molecule has 0 fully saturated rings. The van der Waals surface area contributed by atoms with Crippen LogP contribution in [-0.2, 0) is 20.9 Å². The van der Waals surface area contributed by atoms with Gasteiger partial charge in [-0.25, -0.2) is 0 Å². The van der Waals surface area contributed by atoms with Gasteiger partial charge in [0.15, 0.2) is 5.92 Å². The van der Waals surface area contributed by atoms with E-state index in [1.165, 1.54) is 17.0 Å². The standard InChI is InChI=1S/C21H22F3NO4/c1-3-25(4-2)19(26)18(20(27)28-14-15-8-6-5-7-9-15)16-10-12-17(13-11-16)29-21(22,23)24/h5-13,18H,3-4,14H2,1-2H3/t18-/m1/s1. The summed E-state index contributed by atoms with van der Waals surface area (Å²) in [4.78, 5) is 27.1. The van der Waals surface area contributed by atoms with E-state index in [4.69, 9.17) is 4.74 Å². The minimum Gasteiger partial charge on any atom is -0.460 e. The zero-order valence-electron chi connectivity index (χ0n) is 16.1. The van der Waals surface area contributed by atoms with Crippen molar-refractivity contribution < 1.29 is 32.2 Å². The molecule has 8 heteroatoms. The Morgan fingerprint density at radius 2 is 1.55 bits per heavy atom. The lowest BCUT2D eigenvalue weighted by molar-refractivity contribution is -0.274. The molecule has 1 atom stereocenters. The van der Waals surface area contributed by atoms with Crippen molar-refractivity contribution in [2.75, 3.05) is 13.1 Å². The molecule has 0 saturated carbocycles. The van der Waals surface area contributed by atoms with Gasteiger partial charge in [-0.3, -0.25) is 9.59 Å². The molecule has 0 aliphatic rings. The van der Waals surface area contributed by atoms with Gasteiger partial charge in [-0.1, -0.05) is 42.5 Å². The highest BCUT2D eigenvalue weighted by Crippen LogP contribution is 2.27. The zero-order chi connectivity index (χ0) is 21.4. The third-order valence-electron chi connectivity index (χ3n) is 4.23. The number of esters is 1. The van der Waals surface area contributed by atoms with E-state index in [1.54, 1.807) is 38.1 Å². The predicted octanol–water partition coefficient (Wildman–Crippen LogP) is 4.28. The van der Waals surface area contributed by atoms with Crippen molar-refractivity contribution in [3.63, 3.8) is 0 Å². The average molecular weight is 409 g/mol. The van der Waals surface area contributed by atoms with E-state index in [0.29, 0.717) is 13.1 Å². The van der Waals surface area contributed by atoms with Crippen LogP contribution in [0.5, 0.6) is 5.75 Å². The molecule has 2 rings (SSSR count). The van der Waals surface area contributed by atoms with Crippen LogP contribution in [0.2, 0.25) is 0 Å². The van der Waals surface area contributed by atoms with Crippen LogP contribution in [0.15, 0.2) is 54.6 Å². The maximum Gasteiger partial charge on any atom is 0.573 e. The van der Waals surface area contributed by atoms with Crippen molar-refractivity contribution in [1.29, 1.82) is 0 Å². The molecule has 0 aliphatic heterocycles. The van der Waals surface area contributed by atoms with E-state index < -0.39 is 29.9 Å². The van der Waals surface area contributed by atoms with Crippen LogP contribution >= 0.6 is 0 Å². The molecule has 1 amide bonds. The quantitative estimate of drug-likeness (QED) is 0.482. The number of nitrogens with zero attached hydrogens (tertiary/aromatic N) is 1. The number of benzene rings is 2. The first-order valence-electron chi connectivity index (χ1n) is 9.10. The summed E-state index contributed by atoms with van der Waals surface area (Å²) in [6, 6.07) is 13.6. The summed E-state index contributed by atoms with van der Waals surface area (Å²) in [5, 5.41) is 0. The Bertz CT molecular complexity index is 803. The summed E-state index contributed by atoms with van der Waals surface area (Å²) in [7, 11) is 0. The number of amides is 1. The lowest BCUT2D eigenvalue weighted by Crippen LogP contribution is -2.38. The number of halogens is 3. The fourth-order valence-corrected chi connectivity index (χ4v) is 2.77. The Morgan fingerprint density at radius 1 is 0.966 bits per heavy atom. The molecule has 0 N–H and O–H groups in total. The van der Waals surface area contributed by atoms with Gasteiger partial charge >= 0.3 is 12.3 Å². The van der Waals surface area contributed by atoms with Crippen LogP contribution < -0.4 is 4.74 Å². The van der Waals surface area contributed by atoms with Gasteiger partial charge < -0.3 is 14.4 Å². The summed E-state index contributed by atoms with van der Waals surface area (Å²) in [6.45, 7) is 4.29. The highest BCUT2D eigenvalue weighted by atomic mass is 19.4. The molecule has 2 aromatic carbocycles. The molecule has 0 aliphatic carbocycles. The van der Waals surface area contributed by atoms with Gasteiger partial charge in [-0.15, -0.1) is 13.2 Å². The maximum atomic E-state index is 12.9. The minimum absolute atomic E-state index is 0.0169. The lowest BCUT2D eigenvalue weighted by atomic mass is 9.97. The summed E-state index contributed by atoms with van der Waals surface area (Å²) in [5.41, 5.74) is 0.985. The van der Waals surface area contributed by atoms with Crippen LogP contribution in [0.3, 0.4) is 0 Å². The summed E-state index contributed by atoms with van der Waals surface area (Å²) in [5.74, 6) is -2.96. The van der Waals surface area contributed by atoms with Crippen LogP contribution in [0.4, 0.5) is 13.2 Å². The van der Waals surface area contributed by atoms with Gasteiger partial charge in [0, 0.05) is 13.1 Å².